The van der Waals surface area contributed by atoms with Crippen molar-refractivity contribution in [3.05, 3.63) is 33.3 Å². The van der Waals surface area contributed by atoms with Crippen molar-refractivity contribution in [1.29, 1.82) is 0 Å². The number of carbonyl (C=O) groups is 1. The Hall–Kier alpha value is -0.580. The average Bonchev–Trinajstić information content (AvgIpc) is 2.38. The molecule has 0 bridgehead atoms. The molecule has 1 saturated heterocycles. The van der Waals surface area contributed by atoms with Gasteiger partial charge in [0.15, 0.2) is 0 Å². The number of carbonyl (C=O) groups excluding carboxylic acids is 1. The van der Waals surface area contributed by atoms with E-state index in [1.807, 2.05) is 11.0 Å². The normalized spacial score (nSPS) is 23.5. The van der Waals surface area contributed by atoms with Crippen LogP contribution in [0.2, 0.25) is 5.02 Å². The van der Waals surface area contributed by atoms with Crippen LogP contribution in [0.5, 0.6) is 0 Å². The molecule has 2 N–H and O–H groups in total. The summed E-state index contributed by atoms with van der Waals surface area (Å²) < 4.78 is 0.876. The van der Waals surface area contributed by atoms with Crippen LogP contribution in [0.25, 0.3) is 0 Å². The maximum atomic E-state index is 12.5. The van der Waals surface area contributed by atoms with Gasteiger partial charge in [0.05, 0.1) is 10.6 Å². The molecule has 0 saturated carbocycles. The van der Waals surface area contributed by atoms with Gasteiger partial charge in [0.2, 0.25) is 0 Å². The monoisotopic (exact) mass is 344 g/mol. The Bertz CT molecular complexity index is 481. The van der Waals surface area contributed by atoms with E-state index in [4.69, 9.17) is 17.3 Å². The molecule has 19 heavy (non-hydrogen) atoms. The van der Waals surface area contributed by atoms with Crippen LogP contribution in [0.4, 0.5) is 0 Å². The van der Waals surface area contributed by atoms with Crippen molar-refractivity contribution in [2.24, 2.45) is 17.6 Å². The minimum absolute atomic E-state index is 0.00264. The molecule has 5 heteroatoms. The molecule has 0 spiro atoms. The molecule has 0 radical (unpaired) electrons. The zero-order valence-electron chi connectivity index (χ0n) is 10.9. The number of hydrogen-bond donors (Lipinski definition) is 1. The molecular weight excluding hydrogens is 328 g/mol. The highest BCUT2D eigenvalue weighted by Crippen LogP contribution is 2.27. The second kappa shape index (κ2) is 6.25. The van der Waals surface area contributed by atoms with Crippen LogP contribution in [0.15, 0.2) is 22.7 Å². The van der Waals surface area contributed by atoms with Gasteiger partial charge in [-0.1, -0.05) is 34.5 Å². The maximum absolute atomic E-state index is 12.5. The lowest BCUT2D eigenvalue weighted by molar-refractivity contribution is 0.0618. The minimum Gasteiger partial charge on any atom is -0.338 e. The van der Waals surface area contributed by atoms with E-state index in [0.717, 1.165) is 24.0 Å². The van der Waals surface area contributed by atoms with Crippen molar-refractivity contribution in [2.75, 3.05) is 19.6 Å². The average molecular weight is 346 g/mol. The van der Waals surface area contributed by atoms with Gasteiger partial charge in [-0.3, -0.25) is 4.79 Å². The van der Waals surface area contributed by atoms with Gasteiger partial charge in [-0.15, -0.1) is 0 Å². The van der Waals surface area contributed by atoms with Gasteiger partial charge in [0.1, 0.15) is 0 Å². The van der Waals surface area contributed by atoms with E-state index in [-0.39, 0.29) is 5.91 Å². The zero-order chi connectivity index (χ0) is 14.0. The van der Waals surface area contributed by atoms with E-state index in [0.29, 0.717) is 29.0 Å². The molecule has 0 aromatic heterocycles. The van der Waals surface area contributed by atoms with E-state index >= 15 is 0 Å². The van der Waals surface area contributed by atoms with Crippen molar-refractivity contribution in [3.63, 3.8) is 0 Å². The third-order valence-corrected chi connectivity index (χ3v) is 4.67. The summed E-state index contributed by atoms with van der Waals surface area (Å²) in [6.45, 7) is 4.33. The fourth-order valence-electron chi connectivity index (χ4n) is 2.47. The lowest BCUT2D eigenvalue weighted by Crippen LogP contribution is -2.45. The molecule has 1 amide bonds. The van der Waals surface area contributed by atoms with Crippen LogP contribution in [-0.2, 0) is 0 Å². The van der Waals surface area contributed by atoms with Crippen LogP contribution in [0.3, 0.4) is 0 Å². The van der Waals surface area contributed by atoms with Gasteiger partial charge in [-0.25, -0.2) is 0 Å². The number of hydrogen-bond acceptors (Lipinski definition) is 2. The van der Waals surface area contributed by atoms with E-state index in [9.17, 15) is 4.79 Å². The molecule has 2 rings (SSSR count). The van der Waals surface area contributed by atoms with Crippen molar-refractivity contribution in [3.8, 4) is 0 Å². The molecule has 2 atom stereocenters. The van der Waals surface area contributed by atoms with Gasteiger partial charge >= 0.3 is 0 Å². The number of nitrogens with two attached hydrogens (primary N) is 1. The molecule has 1 aromatic carbocycles. The van der Waals surface area contributed by atoms with E-state index in [2.05, 4.69) is 22.9 Å². The molecule has 1 fully saturated rings. The van der Waals surface area contributed by atoms with E-state index < -0.39 is 0 Å². The Balaban J connectivity index is 2.15. The van der Waals surface area contributed by atoms with Crippen LogP contribution >= 0.6 is 27.5 Å². The van der Waals surface area contributed by atoms with Crippen LogP contribution < -0.4 is 5.73 Å². The molecule has 2 unspecified atom stereocenters. The topological polar surface area (TPSA) is 46.3 Å². The predicted molar refractivity (Wildman–Crippen MR) is 81.4 cm³/mol. The van der Waals surface area contributed by atoms with Gasteiger partial charge in [0, 0.05) is 17.6 Å². The lowest BCUT2D eigenvalue weighted by Gasteiger charge is -2.36. The quantitative estimate of drug-likeness (QED) is 0.895. The summed E-state index contributed by atoms with van der Waals surface area (Å²) in [5, 5.41) is 0.488. The number of rotatable bonds is 2. The zero-order valence-corrected chi connectivity index (χ0v) is 13.2. The summed E-state index contributed by atoms with van der Waals surface area (Å²) in [6.07, 6.45) is 1.00. The fourth-order valence-corrected chi connectivity index (χ4v) is 3.23. The second-order valence-corrected chi connectivity index (χ2v) is 6.46. The number of benzene rings is 1. The number of halogens is 2. The summed E-state index contributed by atoms with van der Waals surface area (Å²) in [6, 6.07) is 5.36. The first-order valence-corrected chi connectivity index (χ1v) is 7.64. The van der Waals surface area contributed by atoms with Gasteiger partial charge < -0.3 is 10.6 Å². The lowest BCUT2D eigenvalue weighted by atomic mass is 9.87. The van der Waals surface area contributed by atoms with Gasteiger partial charge in [0.25, 0.3) is 5.91 Å². The summed E-state index contributed by atoms with van der Waals surface area (Å²) >= 11 is 9.48. The molecule has 3 nitrogen and oxygen atoms in total. The molecule has 104 valence electrons. The van der Waals surface area contributed by atoms with E-state index in [1.165, 1.54) is 0 Å². The standard InChI is InChI=1S/C14H18BrClN2O/c1-9-4-5-18(8-10(9)7-17)14(19)12-3-2-11(15)6-13(12)16/h2-3,6,9-10H,4-5,7-8,17H2,1H3. The fraction of sp³-hybridized carbons (Fsp3) is 0.500. The maximum Gasteiger partial charge on any atom is 0.255 e. The third-order valence-electron chi connectivity index (χ3n) is 3.87. The largest absolute Gasteiger partial charge is 0.338 e. The molecular formula is C14H18BrClN2O. The van der Waals surface area contributed by atoms with Crippen LogP contribution in [-0.4, -0.2) is 30.4 Å². The Morgan fingerprint density at radius 3 is 2.95 bits per heavy atom. The predicted octanol–water partition coefficient (Wildman–Crippen LogP) is 3.16. The summed E-state index contributed by atoms with van der Waals surface area (Å²) in [5.74, 6) is 0.962. The first-order chi connectivity index (χ1) is 9.02. The minimum atomic E-state index is 0.00264. The van der Waals surface area contributed by atoms with Crippen molar-refractivity contribution in [1.82, 2.24) is 4.90 Å². The summed E-state index contributed by atoms with van der Waals surface area (Å²) in [5.41, 5.74) is 6.34. The second-order valence-electron chi connectivity index (χ2n) is 5.14. The highest BCUT2D eigenvalue weighted by atomic mass is 79.9. The Morgan fingerprint density at radius 1 is 1.58 bits per heavy atom. The number of nitrogens with zero attached hydrogens (tertiary/aromatic N) is 1. The highest BCUT2D eigenvalue weighted by Gasteiger charge is 2.29. The van der Waals surface area contributed by atoms with Crippen molar-refractivity contribution in [2.45, 2.75) is 13.3 Å². The molecule has 1 aromatic rings. The van der Waals surface area contributed by atoms with Gasteiger partial charge in [-0.2, -0.15) is 0 Å². The molecule has 1 heterocycles. The Morgan fingerprint density at radius 2 is 2.32 bits per heavy atom. The number of amides is 1. The number of piperidine rings is 1. The van der Waals surface area contributed by atoms with Crippen LogP contribution in [0, 0.1) is 11.8 Å². The van der Waals surface area contributed by atoms with Crippen molar-refractivity contribution < 1.29 is 4.79 Å². The van der Waals surface area contributed by atoms with E-state index in [1.54, 1.807) is 12.1 Å². The first kappa shape index (κ1) is 14.8. The van der Waals surface area contributed by atoms with Crippen molar-refractivity contribution >= 4 is 33.4 Å². The Kier molecular flexibility index (Phi) is 4.87. The summed E-state index contributed by atoms with van der Waals surface area (Å²) in [4.78, 5) is 14.4. The molecule has 1 aliphatic heterocycles. The summed E-state index contributed by atoms with van der Waals surface area (Å²) in [7, 11) is 0. The molecule has 0 aliphatic carbocycles. The molecule has 1 aliphatic rings. The van der Waals surface area contributed by atoms with Crippen LogP contribution in [0.1, 0.15) is 23.7 Å². The first-order valence-electron chi connectivity index (χ1n) is 6.47. The third kappa shape index (κ3) is 3.30. The smallest absolute Gasteiger partial charge is 0.255 e. The Labute approximate surface area is 127 Å². The SMILES string of the molecule is CC1CCN(C(=O)c2ccc(Br)cc2Cl)CC1CN. The highest BCUT2D eigenvalue weighted by molar-refractivity contribution is 9.10. The van der Waals surface area contributed by atoms with Gasteiger partial charge in [-0.05, 0) is 43.0 Å². The number of likely N-dealkylation sites (tertiary alicyclic amines) is 1.